The van der Waals surface area contributed by atoms with E-state index in [0.717, 1.165) is 31.2 Å². The number of para-hydroxylation sites is 1. The van der Waals surface area contributed by atoms with E-state index in [0.29, 0.717) is 17.1 Å². The van der Waals surface area contributed by atoms with E-state index < -0.39 is 4.92 Å². The molecule has 8 heteroatoms. The van der Waals surface area contributed by atoms with Gasteiger partial charge in [0, 0.05) is 24.2 Å². The van der Waals surface area contributed by atoms with Crippen LogP contribution in [-0.2, 0) is 0 Å². The monoisotopic (exact) mass is 365 g/mol. The number of piperidine rings is 1. The number of anilines is 1. The number of benzene rings is 1. The average Bonchev–Trinajstić information content (AvgIpc) is 2.68. The van der Waals surface area contributed by atoms with Gasteiger partial charge >= 0.3 is 11.6 Å². The molecular weight excluding hydrogens is 346 g/mol. The van der Waals surface area contributed by atoms with Gasteiger partial charge in [0.2, 0.25) is 5.82 Å². The van der Waals surface area contributed by atoms with E-state index in [-0.39, 0.29) is 17.6 Å². The van der Waals surface area contributed by atoms with Crippen LogP contribution in [-0.4, -0.2) is 32.5 Å². The van der Waals surface area contributed by atoms with Crippen LogP contribution >= 0.6 is 0 Å². The number of nitrogens with zero attached hydrogens (tertiary/aromatic N) is 5. The van der Waals surface area contributed by atoms with Crippen LogP contribution in [0, 0.1) is 10.1 Å². The Morgan fingerprint density at radius 1 is 1.19 bits per heavy atom. The van der Waals surface area contributed by atoms with Gasteiger partial charge in [0.25, 0.3) is 0 Å². The molecule has 0 aliphatic carbocycles. The molecule has 1 fully saturated rings. The van der Waals surface area contributed by atoms with Crippen LogP contribution in [0.2, 0.25) is 0 Å². The third-order valence-electron chi connectivity index (χ3n) is 4.83. The Hall–Kier alpha value is -3.29. The van der Waals surface area contributed by atoms with Gasteiger partial charge in [-0.3, -0.25) is 15.1 Å². The first kappa shape index (κ1) is 17.1. The molecule has 0 bridgehead atoms. The van der Waals surface area contributed by atoms with Gasteiger partial charge in [-0.05, 0) is 38.3 Å². The van der Waals surface area contributed by atoms with Gasteiger partial charge in [-0.2, -0.15) is 4.98 Å². The van der Waals surface area contributed by atoms with Gasteiger partial charge in [-0.1, -0.05) is 18.2 Å². The maximum absolute atomic E-state index is 11.8. The number of hydrogen-bond acceptors (Lipinski definition) is 7. The van der Waals surface area contributed by atoms with Crippen molar-refractivity contribution in [3.05, 3.63) is 53.0 Å². The summed E-state index contributed by atoms with van der Waals surface area (Å²) in [6.07, 6.45) is 6.04. The molecule has 4 rings (SSSR count). The Balaban J connectivity index is 1.79. The van der Waals surface area contributed by atoms with Crippen molar-refractivity contribution in [1.29, 1.82) is 0 Å². The second-order valence-electron chi connectivity index (χ2n) is 6.58. The second-order valence-corrected chi connectivity index (χ2v) is 6.58. The lowest BCUT2D eigenvalue weighted by atomic mass is 10.0. The zero-order valence-corrected chi connectivity index (χ0v) is 14.9. The van der Waals surface area contributed by atoms with Crippen LogP contribution in [0.3, 0.4) is 0 Å². The number of hydrogen-bond donors (Lipinski definition) is 0. The zero-order chi connectivity index (χ0) is 18.8. The minimum Gasteiger partial charge on any atom is -0.431 e. The van der Waals surface area contributed by atoms with E-state index in [9.17, 15) is 10.1 Å². The van der Waals surface area contributed by atoms with Crippen molar-refractivity contribution >= 4 is 22.4 Å². The summed E-state index contributed by atoms with van der Waals surface area (Å²) in [6, 6.07) is 9.37. The average molecular weight is 365 g/mol. The maximum atomic E-state index is 11.8. The van der Waals surface area contributed by atoms with Crippen LogP contribution in [0.1, 0.15) is 26.2 Å². The van der Waals surface area contributed by atoms with E-state index in [2.05, 4.69) is 21.9 Å². The third-order valence-corrected chi connectivity index (χ3v) is 4.83. The van der Waals surface area contributed by atoms with E-state index in [4.69, 9.17) is 4.74 Å². The normalized spacial score (nSPS) is 17.1. The van der Waals surface area contributed by atoms with Gasteiger partial charge in [-0.15, -0.1) is 0 Å². The minimum absolute atomic E-state index is 0.0686. The third kappa shape index (κ3) is 3.25. The largest absolute Gasteiger partial charge is 0.431 e. The molecule has 0 saturated carbocycles. The fourth-order valence-corrected chi connectivity index (χ4v) is 3.47. The Bertz CT molecular complexity index is 989. The molecule has 1 saturated heterocycles. The molecule has 3 heterocycles. The van der Waals surface area contributed by atoms with Gasteiger partial charge in [0.1, 0.15) is 11.8 Å². The van der Waals surface area contributed by atoms with E-state index >= 15 is 0 Å². The molecule has 27 heavy (non-hydrogen) atoms. The summed E-state index contributed by atoms with van der Waals surface area (Å²) in [4.78, 5) is 25.9. The van der Waals surface area contributed by atoms with Gasteiger partial charge < -0.3 is 9.64 Å². The first-order valence-electron chi connectivity index (χ1n) is 8.93. The molecule has 1 aromatic carbocycles. The Kier molecular flexibility index (Phi) is 4.53. The molecule has 1 atom stereocenters. The topological polar surface area (TPSA) is 94.3 Å². The number of nitro groups is 1. The summed E-state index contributed by atoms with van der Waals surface area (Å²) < 4.78 is 5.87. The highest BCUT2D eigenvalue weighted by molar-refractivity contribution is 5.84. The first-order chi connectivity index (χ1) is 13.1. The predicted molar refractivity (Wildman–Crippen MR) is 101 cm³/mol. The quantitative estimate of drug-likeness (QED) is 0.507. The zero-order valence-electron chi connectivity index (χ0n) is 14.9. The molecule has 3 aromatic rings. The summed E-state index contributed by atoms with van der Waals surface area (Å²) in [7, 11) is 0. The molecule has 0 amide bonds. The first-order valence-corrected chi connectivity index (χ1v) is 8.93. The van der Waals surface area contributed by atoms with Gasteiger partial charge in [0.15, 0.2) is 5.75 Å². The Morgan fingerprint density at radius 3 is 2.85 bits per heavy atom. The lowest BCUT2D eigenvalue weighted by Crippen LogP contribution is -2.38. The molecular formula is C19H19N5O3. The van der Waals surface area contributed by atoms with Crippen molar-refractivity contribution < 1.29 is 9.66 Å². The summed E-state index contributed by atoms with van der Waals surface area (Å²) >= 11 is 0. The van der Waals surface area contributed by atoms with Crippen LogP contribution in [0.25, 0.3) is 10.9 Å². The summed E-state index contributed by atoms with van der Waals surface area (Å²) in [5.41, 5.74) is 0.417. The van der Waals surface area contributed by atoms with Crippen molar-refractivity contribution in [1.82, 2.24) is 15.0 Å². The molecule has 1 aliphatic rings. The van der Waals surface area contributed by atoms with E-state index in [1.807, 2.05) is 29.2 Å². The number of rotatable bonds is 4. The lowest BCUT2D eigenvalue weighted by Gasteiger charge is -2.33. The maximum Gasteiger partial charge on any atom is 0.373 e. The molecule has 0 N–H and O–H groups in total. The fraction of sp³-hybridized carbons (Fsp3) is 0.316. The molecule has 1 unspecified atom stereocenters. The molecule has 0 spiro atoms. The highest BCUT2D eigenvalue weighted by Crippen LogP contribution is 2.39. The van der Waals surface area contributed by atoms with Crippen LogP contribution in [0.4, 0.5) is 11.5 Å². The van der Waals surface area contributed by atoms with Gasteiger partial charge in [-0.25, -0.2) is 4.98 Å². The number of ether oxygens (including phenoxy) is 1. The van der Waals surface area contributed by atoms with Crippen molar-refractivity contribution in [2.75, 3.05) is 11.4 Å². The molecule has 2 aromatic heterocycles. The molecule has 1 aliphatic heterocycles. The highest BCUT2D eigenvalue weighted by atomic mass is 16.6. The minimum atomic E-state index is -0.468. The predicted octanol–water partition coefficient (Wildman–Crippen LogP) is 4.10. The summed E-state index contributed by atoms with van der Waals surface area (Å²) in [5.74, 6) is 0.666. The number of fused-ring (bicyclic) bond motifs is 1. The second kappa shape index (κ2) is 7.14. The van der Waals surface area contributed by atoms with Crippen molar-refractivity contribution in [2.45, 2.75) is 32.2 Å². The fourth-order valence-electron chi connectivity index (χ4n) is 3.47. The van der Waals surface area contributed by atoms with Crippen LogP contribution in [0.5, 0.6) is 11.6 Å². The molecule has 0 radical (unpaired) electrons. The number of pyridine rings is 1. The lowest BCUT2D eigenvalue weighted by molar-refractivity contribution is -0.385. The van der Waals surface area contributed by atoms with E-state index in [1.54, 1.807) is 12.3 Å². The highest BCUT2D eigenvalue weighted by Gasteiger charge is 2.32. The standard InChI is InChI=1S/C19H19N5O3/c1-13-6-2-3-11-23(13)18-17(24(25)26)19(22-12-21-18)27-15-9-4-7-14-8-5-10-20-16(14)15/h4-5,7-10,12-13H,2-3,6,11H2,1H3. The van der Waals surface area contributed by atoms with Gasteiger partial charge in [0.05, 0.1) is 4.92 Å². The van der Waals surface area contributed by atoms with Crippen molar-refractivity contribution in [3.63, 3.8) is 0 Å². The molecule has 8 nitrogen and oxygen atoms in total. The van der Waals surface area contributed by atoms with Crippen molar-refractivity contribution in [2.24, 2.45) is 0 Å². The molecule has 138 valence electrons. The Labute approximate surface area is 156 Å². The van der Waals surface area contributed by atoms with Crippen molar-refractivity contribution in [3.8, 4) is 11.6 Å². The SMILES string of the molecule is CC1CCCCN1c1ncnc(Oc2cccc3cccnc23)c1[N+](=O)[O-]. The van der Waals surface area contributed by atoms with E-state index in [1.165, 1.54) is 6.33 Å². The summed E-state index contributed by atoms with van der Waals surface area (Å²) in [6.45, 7) is 2.79. The van der Waals surface area contributed by atoms with Crippen LogP contribution in [0.15, 0.2) is 42.9 Å². The Morgan fingerprint density at radius 2 is 2.04 bits per heavy atom. The summed E-state index contributed by atoms with van der Waals surface area (Å²) in [5, 5.41) is 12.7. The smallest absolute Gasteiger partial charge is 0.373 e. The number of aromatic nitrogens is 3. The van der Waals surface area contributed by atoms with Crippen LogP contribution < -0.4 is 9.64 Å².